The summed E-state index contributed by atoms with van der Waals surface area (Å²) in [5, 5.41) is 17.6. The van der Waals surface area contributed by atoms with Crippen LogP contribution in [-0.2, 0) is 10.0 Å². The van der Waals surface area contributed by atoms with Gasteiger partial charge in [0.1, 0.15) is 5.75 Å². The summed E-state index contributed by atoms with van der Waals surface area (Å²) in [6.45, 7) is 4.71. The number of hydrogen-bond donors (Lipinski definition) is 1. The average molecular weight is 420 g/mol. The third kappa shape index (κ3) is 5.09. The molecule has 3 aromatic rings. The minimum Gasteiger partial charge on any atom is -0.493 e. The molecule has 0 saturated heterocycles. The highest BCUT2D eigenvalue weighted by molar-refractivity contribution is 7.99. The molecule has 0 saturated carbocycles. The van der Waals surface area contributed by atoms with Crippen LogP contribution in [0.15, 0.2) is 58.6 Å². The smallest absolute Gasteiger partial charge is 0.238 e. The predicted octanol–water partition coefficient (Wildman–Crippen LogP) is 2.60. The van der Waals surface area contributed by atoms with Gasteiger partial charge < -0.3 is 4.74 Å². The molecule has 8 nitrogen and oxygen atoms in total. The van der Waals surface area contributed by atoms with Crippen LogP contribution in [0, 0.1) is 0 Å². The largest absolute Gasteiger partial charge is 0.493 e. The van der Waals surface area contributed by atoms with Gasteiger partial charge in [-0.15, -0.1) is 5.10 Å². The lowest BCUT2D eigenvalue weighted by Gasteiger charge is -2.08. The van der Waals surface area contributed by atoms with Gasteiger partial charge in [0.25, 0.3) is 0 Å². The Labute approximate surface area is 168 Å². The van der Waals surface area contributed by atoms with Gasteiger partial charge >= 0.3 is 0 Å². The van der Waals surface area contributed by atoms with Crippen molar-refractivity contribution in [1.29, 1.82) is 0 Å². The maximum absolute atomic E-state index is 11.2. The average Bonchev–Trinajstić information content (AvgIpc) is 3.13. The Balaban J connectivity index is 1.55. The van der Waals surface area contributed by atoms with Crippen LogP contribution in [0.3, 0.4) is 0 Å². The molecule has 0 amide bonds. The first-order chi connectivity index (χ1) is 13.3. The van der Waals surface area contributed by atoms with Crippen LogP contribution >= 0.6 is 11.8 Å². The molecule has 0 aliphatic heterocycles. The molecule has 28 heavy (non-hydrogen) atoms. The van der Waals surface area contributed by atoms with Gasteiger partial charge in [-0.05, 0) is 58.3 Å². The molecule has 148 valence electrons. The Morgan fingerprint density at radius 3 is 2.39 bits per heavy atom. The second-order valence-electron chi connectivity index (χ2n) is 6.33. The van der Waals surface area contributed by atoms with Gasteiger partial charge in [0.05, 0.1) is 17.2 Å². The highest BCUT2D eigenvalue weighted by atomic mass is 32.2. The number of thioether (sulfide) groups is 1. The molecule has 0 radical (unpaired) electrons. The van der Waals surface area contributed by atoms with Crippen LogP contribution in [0.4, 0.5) is 0 Å². The number of hydrogen-bond acceptors (Lipinski definition) is 7. The molecular weight excluding hydrogens is 398 g/mol. The summed E-state index contributed by atoms with van der Waals surface area (Å²) in [6, 6.07) is 14.1. The van der Waals surface area contributed by atoms with E-state index in [1.165, 1.54) is 29.5 Å². The Bertz CT molecular complexity index is 1020. The zero-order chi connectivity index (χ0) is 20.1. The van der Waals surface area contributed by atoms with E-state index in [0.29, 0.717) is 29.2 Å². The number of rotatable bonds is 8. The zero-order valence-electron chi connectivity index (χ0n) is 15.5. The number of ether oxygens (including phenoxy) is 1. The summed E-state index contributed by atoms with van der Waals surface area (Å²) in [7, 11) is -3.70. The maximum Gasteiger partial charge on any atom is 0.238 e. The van der Waals surface area contributed by atoms with Crippen molar-refractivity contribution in [1.82, 2.24) is 20.2 Å². The lowest BCUT2D eigenvalue weighted by Crippen LogP contribution is -2.11. The van der Waals surface area contributed by atoms with E-state index in [9.17, 15) is 8.42 Å². The molecule has 1 aromatic heterocycles. The van der Waals surface area contributed by atoms with E-state index in [1.807, 2.05) is 12.1 Å². The molecule has 0 spiro atoms. The van der Waals surface area contributed by atoms with Crippen LogP contribution in [0.2, 0.25) is 0 Å². The minimum atomic E-state index is -3.70. The summed E-state index contributed by atoms with van der Waals surface area (Å²) in [6.07, 6.45) is 0. The predicted molar refractivity (Wildman–Crippen MR) is 107 cm³/mol. The summed E-state index contributed by atoms with van der Waals surface area (Å²) in [5.74, 6) is 1.66. The molecule has 2 N–H and O–H groups in total. The van der Waals surface area contributed by atoms with E-state index in [4.69, 9.17) is 9.88 Å². The standard InChI is InChI=1S/C18H21N5O3S2/c1-13(2)14-3-5-15(6-4-14)23-18(20-21-22-23)27-12-11-26-16-7-9-17(10-8-16)28(19,24)25/h3-10,13H,11-12H2,1-2H3,(H2,19,24,25). The molecule has 2 aromatic carbocycles. The summed E-state index contributed by atoms with van der Waals surface area (Å²) >= 11 is 1.47. The molecule has 0 aliphatic carbocycles. The normalized spacial score (nSPS) is 11.7. The molecule has 0 atom stereocenters. The molecule has 10 heteroatoms. The van der Waals surface area contributed by atoms with E-state index in [-0.39, 0.29) is 4.90 Å². The third-order valence-corrected chi connectivity index (χ3v) is 5.79. The maximum atomic E-state index is 11.2. The van der Waals surface area contributed by atoms with Gasteiger partial charge in [-0.1, -0.05) is 37.7 Å². The van der Waals surface area contributed by atoms with Crippen molar-refractivity contribution in [2.45, 2.75) is 29.8 Å². The van der Waals surface area contributed by atoms with E-state index in [0.717, 1.165) is 5.69 Å². The Morgan fingerprint density at radius 2 is 1.79 bits per heavy atom. The third-order valence-electron chi connectivity index (χ3n) is 3.98. The number of benzene rings is 2. The first-order valence-electron chi connectivity index (χ1n) is 8.62. The van der Waals surface area contributed by atoms with Crippen molar-refractivity contribution in [3.05, 3.63) is 54.1 Å². The van der Waals surface area contributed by atoms with E-state index in [1.54, 1.807) is 16.8 Å². The zero-order valence-corrected chi connectivity index (χ0v) is 17.2. The van der Waals surface area contributed by atoms with Crippen LogP contribution in [0.5, 0.6) is 5.75 Å². The monoisotopic (exact) mass is 419 g/mol. The van der Waals surface area contributed by atoms with Crippen LogP contribution in [0.1, 0.15) is 25.3 Å². The first-order valence-corrected chi connectivity index (χ1v) is 11.1. The summed E-state index contributed by atoms with van der Waals surface area (Å²) < 4.78 is 29.8. The molecule has 3 rings (SSSR count). The van der Waals surface area contributed by atoms with E-state index >= 15 is 0 Å². The second kappa shape index (κ2) is 8.72. The van der Waals surface area contributed by atoms with Crippen molar-refractivity contribution in [3.8, 4) is 11.4 Å². The molecular formula is C18H21N5O3S2. The Hall–Kier alpha value is -2.43. The molecule has 1 heterocycles. The SMILES string of the molecule is CC(C)c1ccc(-n2nnnc2SCCOc2ccc(S(N)(=O)=O)cc2)cc1. The number of nitrogens with two attached hydrogens (primary N) is 1. The lowest BCUT2D eigenvalue weighted by atomic mass is 10.0. The van der Waals surface area contributed by atoms with Gasteiger partial charge in [-0.25, -0.2) is 13.6 Å². The Morgan fingerprint density at radius 1 is 1.11 bits per heavy atom. The minimum absolute atomic E-state index is 0.0527. The van der Waals surface area contributed by atoms with Crippen molar-refractivity contribution < 1.29 is 13.2 Å². The summed E-state index contributed by atoms with van der Waals surface area (Å²) in [5.41, 5.74) is 2.16. The van der Waals surface area contributed by atoms with Crippen molar-refractivity contribution >= 4 is 21.8 Å². The fraction of sp³-hybridized carbons (Fsp3) is 0.278. The van der Waals surface area contributed by atoms with Crippen LogP contribution in [-0.4, -0.2) is 41.0 Å². The molecule has 0 unspecified atom stereocenters. The highest BCUT2D eigenvalue weighted by Crippen LogP contribution is 2.21. The Kier molecular flexibility index (Phi) is 6.32. The fourth-order valence-electron chi connectivity index (χ4n) is 2.45. The number of aromatic nitrogens is 4. The van der Waals surface area contributed by atoms with Gasteiger partial charge in [-0.2, -0.15) is 4.68 Å². The number of primary sulfonamides is 1. The molecule has 0 bridgehead atoms. The van der Waals surface area contributed by atoms with Crippen molar-refractivity contribution in [3.63, 3.8) is 0 Å². The summed E-state index contributed by atoms with van der Waals surface area (Å²) in [4.78, 5) is 0.0527. The quantitative estimate of drug-likeness (QED) is 0.441. The lowest BCUT2D eigenvalue weighted by molar-refractivity contribution is 0.343. The second-order valence-corrected chi connectivity index (χ2v) is 8.96. The highest BCUT2D eigenvalue weighted by Gasteiger charge is 2.10. The van der Waals surface area contributed by atoms with Crippen LogP contribution in [0.25, 0.3) is 5.69 Å². The number of nitrogens with zero attached hydrogens (tertiary/aromatic N) is 4. The number of tetrazole rings is 1. The van der Waals surface area contributed by atoms with Gasteiger partial charge in [0, 0.05) is 5.75 Å². The van der Waals surface area contributed by atoms with Crippen molar-refractivity contribution in [2.75, 3.05) is 12.4 Å². The molecule has 0 fully saturated rings. The fourth-order valence-corrected chi connectivity index (χ4v) is 3.67. The topological polar surface area (TPSA) is 113 Å². The van der Waals surface area contributed by atoms with E-state index < -0.39 is 10.0 Å². The first kappa shape index (κ1) is 20.3. The van der Waals surface area contributed by atoms with Gasteiger partial charge in [-0.3, -0.25) is 0 Å². The van der Waals surface area contributed by atoms with Gasteiger partial charge in [0.2, 0.25) is 15.2 Å². The van der Waals surface area contributed by atoms with Crippen molar-refractivity contribution in [2.24, 2.45) is 5.14 Å². The van der Waals surface area contributed by atoms with Crippen LogP contribution < -0.4 is 9.88 Å². The van der Waals surface area contributed by atoms with E-state index in [2.05, 4.69) is 41.5 Å². The molecule has 0 aliphatic rings. The van der Waals surface area contributed by atoms with Gasteiger partial charge in [0.15, 0.2) is 0 Å². The number of sulfonamides is 1.